The van der Waals surface area contributed by atoms with Gasteiger partial charge in [0.25, 0.3) is 0 Å². The van der Waals surface area contributed by atoms with Crippen molar-refractivity contribution in [2.75, 3.05) is 27.2 Å². The summed E-state index contributed by atoms with van der Waals surface area (Å²) in [7, 11) is 3.39. The van der Waals surface area contributed by atoms with E-state index < -0.39 is 0 Å². The lowest BCUT2D eigenvalue weighted by atomic mass is 10.0. The molecule has 3 rings (SSSR count). The van der Waals surface area contributed by atoms with Crippen LogP contribution >= 0.6 is 24.0 Å². The van der Waals surface area contributed by atoms with Crippen LogP contribution < -0.4 is 15.4 Å². The molecule has 6 nitrogen and oxygen atoms in total. The molecule has 0 aliphatic carbocycles. The fourth-order valence-corrected chi connectivity index (χ4v) is 3.70. The fourth-order valence-electron chi connectivity index (χ4n) is 3.70. The van der Waals surface area contributed by atoms with Crippen molar-refractivity contribution in [2.24, 2.45) is 4.99 Å². The zero-order valence-electron chi connectivity index (χ0n) is 18.0. The Bertz CT molecular complexity index is 836. The van der Waals surface area contributed by atoms with E-state index in [0.29, 0.717) is 12.6 Å². The molecular formula is C23H33IN4O2. The number of phenols is 1. The zero-order chi connectivity index (χ0) is 20.6. The summed E-state index contributed by atoms with van der Waals surface area (Å²) in [5.74, 6) is 1.73. The van der Waals surface area contributed by atoms with Gasteiger partial charge in [-0.25, -0.2) is 0 Å². The van der Waals surface area contributed by atoms with E-state index >= 15 is 0 Å². The Morgan fingerprint density at radius 1 is 1.20 bits per heavy atom. The second kappa shape index (κ2) is 12.0. The summed E-state index contributed by atoms with van der Waals surface area (Å²) in [5.41, 5.74) is 3.48. The number of ether oxygens (including phenoxy) is 1. The van der Waals surface area contributed by atoms with E-state index in [9.17, 15) is 5.11 Å². The van der Waals surface area contributed by atoms with Crippen LogP contribution in [-0.4, -0.2) is 49.3 Å². The summed E-state index contributed by atoms with van der Waals surface area (Å²) in [6, 6.07) is 14.4. The number of nitrogens with zero attached hydrogens (tertiary/aromatic N) is 2. The highest BCUT2D eigenvalue weighted by molar-refractivity contribution is 14.0. The summed E-state index contributed by atoms with van der Waals surface area (Å²) in [5, 5.41) is 16.9. The molecule has 0 bridgehead atoms. The Labute approximate surface area is 196 Å². The number of phenolic OH excluding ortho intramolecular Hbond substituents is 1. The predicted molar refractivity (Wildman–Crippen MR) is 133 cm³/mol. The van der Waals surface area contributed by atoms with Crippen LogP contribution in [0.5, 0.6) is 11.5 Å². The molecule has 30 heavy (non-hydrogen) atoms. The first kappa shape index (κ1) is 24.3. The maximum absolute atomic E-state index is 10.0. The molecule has 1 heterocycles. The van der Waals surface area contributed by atoms with Crippen LogP contribution in [-0.2, 0) is 13.1 Å². The highest BCUT2D eigenvalue weighted by Crippen LogP contribution is 2.22. The normalized spacial score (nSPS) is 15.4. The molecule has 1 saturated heterocycles. The van der Waals surface area contributed by atoms with Crippen LogP contribution in [0.3, 0.4) is 0 Å². The van der Waals surface area contributed by atoms with Gasteiger partial charge in [-0.05, 0) is 43.5 Å². The van der Waals surface area contributed by atoms with Crippen molar-refractivity contribution in [2.45, 2.75) is 38.9 Å². The SMILES string of the molecule is CN=C(NCc1cc(OC)ccc1O)NC1CCN(Cc2cccc(C)c2)CC1.I. The van der Waals surface area contributed by atoms with Crippen molar-refractivity contribution in [3.8, 4) is 11.5 Å². The highest BCUT2D eigenvalue weighted by atomic mass is 127. The zero-order valence-corrected chi connectivity index (χ0v) is 20.3. The summed E-state index contributed by atoms with van der Waals surface area (Å²) >= 11 is 0. The van der Waals surface area contributed by atoms with Crippen LogP contribution in [0.1, 0.15) is 29.5 Å². The molecule has 1 aliphatic heterocycles. The van der Waals surface area contributed by atoms with E-state index in [4.69, 9.17) is 4.74 Å². The van der Waals surface area contributed by atoms with Crippen molar-refractivity contribution < 1.29 is 9.84 Å². The maximum atomic E-state index is 10.0. The third-order valence-electron chi connectivity index (χ3n) is 5.37. The number of piperidine rings is 1. The van der Waals surface area contributed by atoms with E-state index in [2.05, 4.69) is 51.7 Å². The Balaban J connectivity index is 0.00000320. The van der Waals surface area contributed by atoms with Gasteiger partial charge in [-0.15, -0.1) is 24.0 Å². The maximum Gasteiger partial charge on any atom is 0.191 e. The summed E-state index contributed by atoms with van der Waals surface area (Å²) in [4.78, 5) is 6.85. The molecule has 0 radical (unpaired) electrons. The average Bonchev–Trinajstić information content (AvgIpc) is 2.73. The number of guanidine groups is 1. The van der Waals surface area contributed by atoms with Gasteiger partial charge in [-0.3, -0.25) is 9.89 Å². The number of nitrogens with one attached hydrogen (secondary N) is 2. The van der Waals surface area contributed by atoms with Crippen LogP contribution in [0.15, 0.2) is 47.5 Å². The van der Waals surface area contributed by atoms with Gasteiger partial charge in [0.05, 0.1) is 7.11 Å². The van der Waals surface area contributed by atoms with Crippen LogP contribution in [0.25, 0.3) is 0 Å². The smallest absolute Gasteiger partial charge is 0.191 e. The molecular weight excluding hydrogens is 491 g/mol. The monoisotopic (exact) mass is 524 g/mol. The first-order valence-corrected chi connectivity index (χ1v) is 10.2. The number of likely N-dealkylation sites (tertiary alicyclic amines) is 1. The second-order valence-corrected chi connectivity index (χ2v) is 7.60. The number of hydrogen-bond donors (Lipinski definition) is 3. The largest absolute Gasteiger partial charge is 0.508 e. The summed E-state index contributed by atoms with van der Waals surface area (Å²) in [6.45, 7) is 5.77. The lowest BCUT2D eigenvalue weighted by Gasteiger charge is -2.33. The van der Waals surface area contributed by atoms with Gasteiger partial charge < -0.3 is 20.5 Å². The van der Waals surface area contributed by atoms with Gasteiger partial charge in [0.15, 0.2) is 5.96 Å². The summed E-state index contributed by atoms with van der Waals surface area (Å²) in [6.07, 6.45) is 2.16. The van der Waals surface area contributed by atoms with E-state index in [1.54, 1.807) is 26.3 Å². The Morgan fingerprint density at radius 3 is 2.63 bits per heavy atom. The number of benzene rings is 2. The number of aromatic hydroxyl groups is 1. The fraction of sp³-hybridized carbons (Fsp3) is 0.435. The van der Waals surface area contributed by atoms with Crippen LogP contribution in [0, 0.1) is 6.92 Å². The minimum absolute atomic E-state index is 0. The third-order valence-corrected chi connectivity index (χ3v) is 5.37. The molecule has 0 unspecified atom stereocenters. The van der Waals surface area contributed by atoms with Gasteiger partial charge in [-0.2, -0.15) is 0 Å². The van der Waals surface area contributed by atoms with Crippen molar-refractivity contribution in [3.63, 3.8) is 0 Å². The average molecular weight is 524 g/mol. The van der Waals surface area contributed by atoms with Crippen molar-refractivity contribution in [3.05, 3.63) is 59.2 Å². The van der Waals surface area contributed by atoms with E-state index in [1.165, 1.54) is 11.1 Å². The Morgan fingerprint density at radius 2 is 1.97 bits per heavy atom. The molecule has 7 heteroatoms. The molecule has 0 amide bonds. The second-order valence-electron chi connectivity index (χ2n) is 7.60. The highest BCUT2D eigenvalue weighted by Gasteiger charge is 2.20. The van der Waals surface area contributed by atoms with Crippen LogP contribution in [0.2, 0.25) is 0 Å². The number of aryl methyl sites for hydroxylation is 1. The van der Waals surface area contributed by atoms with E-state index in [-0.39, 0.29) is 29.7 Å². The van der Waals surface area contributed by atoms with Gasteiger partial charge >= 0.3 is 0 Å². The van der Waals surface area contributed by atoms with Crippen molar-refractivity contribution >= 4 is 29.9 Å². The molecule has 1 aliphatic rings. The Kier molecular flexibility index (Phi) is 9.71. The molecule has 0 aromatic heterocycles. The molecule has 0 spiro atoms. The lowest BCUT2D eigenvalue weighted by Crippen LogP contribution is -2.48. The predicted octanol–water partition coefficient (Wildman–Crippen LogP) is 3.66. The minimum Gasteiger partial charge on any atom is -0.508 e. The molecule has 1 fully saturated rings. The molecule has 0 atom stereocenters. The van der Waals surface area contributed by atoms with Gasteiger partial charge in [0, 0.05) is 44.8 Å². The van der Waals surface area contributed by atoms with E-state index in [1.807, 2.05) is 6.07 Å². The number of hydrogen-bond acceptors (Lipinski definition) is 4. The first-order valence-electron chi connectivity index (χ1n) is 10.2. The number of rotatable bonds is 6. The van der Waals surface area contributed by atoms with E-state index in [0.717, 1.165) is 49.7 Å². The van der Waals surface area contributed by atoms with Gasteiger partial charge in [0.1, 0.15) is 11.5 Å². The standard InChI is InChI=1S/C23H32N4O2.HI/c1-17-5-4-6-18(13-17)16-27-11-9-20(10-12-27)26-23(24-2)25-15-19-14-21(29-3)7-8-22(19)28;/h4-8,13-14,20,28H,9-12,15-16H2,1-3H3,(H2,24,25,26);1H. The molecule has 164 valence electrons. The first-order chi connectivity index (χ1) is 14.1. The summed E-state index contributed by atoms with van der Waals surface area (Å²) < 4.78 is 5.23. The molecule has 3 N–H and O–H groups in total. The quantitative estimate of drug-likeness (QED) is 0.306. The molecule has 0 saturated carbocycles. The van der Waals surface area contributed by atoms with Crippen molar-refractivity contribution in [1.29, 1.82) is 0 Å². The third kappa shape index (κ3) is 7.05. The number of halogens is 1. The van der Waals surface area contributed by atoms with Gasteiger partial charge in [0.2, 0.25) is 0 Å². The Hall–Kier alpha value is -2.00. The molecule has 2 aromatic carbocycles. The molecule has 2 aromatic rings. The topological polar surface area (TPSA) is 69.1 Å². The van der Waals surface area contributed by atoms with Gasteiger partial charge in [-0.1, -0.05) is 29.8 Å². The number of methoxy groups -OCH3 is 1. The van der Waals surface area contributed by atoms with Crippen LogP contribution in [0.4, 0.5) is 0 Å². The lowest BCUT2D eigenvalue weighted by molar-refractivity contribution is 0.198. The number of aliphatic imine (C=N–C) groups is 1. The van der Waals surface area contributed by atoms with Crippen molar-refractivity contribution in [1.82, 2.24) is 15.5 Å². The minimum atomic E-state index is 0.